The van der Waals surface area contributed by atoms with E-state index in [1.807, 2.05) is 24.3 Å². The third kappa shape index (κ3) is 4.27. The number of hydrogen-bond donors (Lipinski definition) is 1. The van der Waals surface area contributed by atoms with E-state index < -0.39 is 0 Å². The minimum atomic E-state index is -0.146. The molecule has 1 N–H and O–H groups in total. The van der Waals surface area contributed by atoms with Crippen molar-refractivity contribution in [2.24, 2.45) is 5.92 Å². The largest absolute Gasteiger partial charge is 0.396 e. The molecule has 0 radical (unpaired) electrons. The van der Waals surface area contributed by atoms with Crippen LogP contribution in [0.2, 0.25) is 0 Å². The van der Waals surface area contributed by atoms with Gasteiger partial charge in [-0.25, -0.2) is 5.06 Å². The highest BCUT2D eigenvalue weighted by Gasteiger charge is 2.18. The van der Waals surface area contributed by atoms with Gasteiger partial charge in [0.25, 0.3) is 5.91 Å². The molecule has 0 aliphatic carbocycles. The maximum atomic E-state index is 11.9. The van der Waals surface area contributed by atoms with E-state index in [9.17, 15) is 4.79 Å². The number of rotatable bonds is 5. The van der Waals surface area contributed by atoms with Gasteiger partial charge in [-0.15, -0.1) is 0 Å². The van der Waals surface area contributed by atoms with E-state index in [1.54, 1.807) is 7.05 Å². The predicted octanol–water partition coefficient (Wildman–Crippen LogP) is 1.52. The number of aliphatic hydroxyl groups excluding tert-OH is 1. The predicted molar refractivity (Wildman–Crippen MR) is 80.6 cm³/mol. The van der Waals surface area contributed by atoms with Crippen LogP contribution in [-0.4, -0.2) is 54.8 Å². The first-order valence-corrected chi connectivity index (χ1v) is 7.38. The second-order valence-electron chi connectivity index (χ2n) is 5.58. The summed E-state index contributed by atoms with van der Waals surface area (Å²) in [6, 6.07) is 7.67. The maximum absolute atomic E-state index is 11.9. The van der Waals surface area contributed by atoms with Crippen molar-refractivity contribution in [2.75, 3.05) is 33.9 Å². The second-order valence-corrected chi connectivity index (χ2v) is 5.58. The summed E-state index contributed by atoms with van der Waals surface area (Å²) >= 11 is 0. The molecular formula is C16H24N2O3. The van der Waals surface area contributed by atoms with Gasteiger partial charge in [-0.05, 0) is 49.5 Å². The molecule has 0 bridgehead atoms. The van der Waals surface area contributed by atoms with Crippen molar-refractivity contribution in [2.45, 2.75) is 19.4 Å². The van der Waals surface area contributed by atoms with Gasteiger partial charge in [0.15, 0.2) is 0 Å². The van der Waals surface area contributed by atoms with Crippen LogP contribution in [0.25, 0.3) is 0 Å². The second kappa shape index (κ2) is 7.54. The molecule has 1 aliphatic rings. The van der Waals surface area contributed by atoms with Gasteiger partial charge >= 0.3 is 0 Å². The molecule has 5 heteroatoms. The summed E-state index contributed by atoms with van der Waals surface area (Å²) in [6.45, 7) is 3.25. The molecule has 1 heterocycles. The first-order valence-electron chi connectivity index (χ1n) is 7.38. The van der Waals surface area contributed by atoms with Crippen molar-refractivity contribution in [3.8, 4) is 0 Å². The average Bonchev–Trinajstić information content (AvgIpc) is 2.55. The van der Waals surface area contributed by atoms with Crippen molar-refractivity contribution in [1.82, 2.24) is 9.96 Å². The quantitative estimate of drug-likeness (QED) is 0.836. The van der Waals surface area contributed by atoms with E-state index >= 15 is 0 Å². The number of piperidine rings is 1. The molecule has 1 amide bonds. The van der Waals surface area contributed by atoms with Crippen molar-refractivity contribution >= 4 is 5.91 Å². The highest BCUT2D eigenvalue weighted by Crippen LogP contribution is 2.18. The van der Waals surface area contributed by atoms with Gasteiger partial charge in [0.05, 0.1) is 7.11 Å². The van der Waals surface area contributed by atoms with Gasteiger partial charge in [-0.2, -0.15) is 0 Å². The van der Waals surface area contributed by atoms with Crippen molar-refractivity contribution < 1.29 is 14.7 Å². The Labute approximate surface area is 126 Å². The summed E-state index contributed by atoms with van der Waals surface area (Å²) < 4.78 is 0. The van der Waals surface area contributed by atoms with Crippen LogP contribution in [0.4, 0.5) is 0 Å². The van der Waals surface area contributed by atoms with Gasteiger partial charge in [-0.1, -0.05) is 12.1 Å². The third-order valence-electron chi connectivity index (χ3n) is 4.13. The zero-order valence-corrected chi connectivity index (χ0v) is 12.8. The van der Waals surface area contributed by atoms with Crippen LogP contribution in [0.1, 0.15) is 28.8 Å². The highest BCUT2D eigenvalue weighted by molar-refractivity contribution is 5.93. The first kappa shape index (κ1) is 15.9. The van der Waals surface area contributed by atoms with E-state index in [1.165, 1.54) is 17.7 Å². The Morgan fingerprint density at radius 1 is 1.33 bits per heavy atom. The average molecular weight is 292 g/mol. The molecule has 5 nitrogen and oxygen atoms in total. The van der Waals surface area contributed by atoms with E-state index in [0.717, 1.165) is 32.5 Å². The summed E-state index contributed by atoms with van der Waals surface area (Å²) in [4.78, 5) is 19.2. The molecule has 2 rings (SSSR count). The highest BCUT2D eigenvalue weighted by atomic mass is 16.7. The lowest BCUT2D eigenvalue weighted by atomic mass is 9.97. The molecule has 1 fully saturated rings. The summed E-state index contributed by atoms with van der Waals surface area (Å²) in [5.74, 6) is 0.318. The first-order chi connectivity index (χ1) is 10.1. The smallest absolute Gasteiger partial charge is 0.277 e. The number of carbonyl (C=O) groups excluding carboxylic acids is 1. The monoisotopic (exact) mass is 292 g/mol. The fourth-order valence-corrected chi connectivity index (χ4v) is 2.60. The zero-order chi connectivity index (χ0) is 15.2. The van der Waals surface area contributed by atoms with Gasteiger partial charge in [0.1, 0.15) is 0 Å². The standard InChI is InChI=1S/C16H24N2O3/c1-17(21-2)16(20)15-5-3-13(4-6-15)11-18-9-7-14(12-19)8-10-18/h3-6,14,19H,7-12H2,1-2H3. The Morgan fingerprint density at radius 2 is 1.95 bits per heavy atom. The summed E-state index contributed by atoms with van der Waals surface area (Å²) in [6.07, 6.45) is 2.12. The SMILES string of the molecule is CON(C)C(=O)c1ccc(CN2CCC(CO)CC2)cc1. The number of amides is 1. The Bertz CT molecular complexity index is 453. The minimum Gasteiger partial charge on any atom is -0.396 e. The number of aliphatic hydroxyl groups is 1. The fourth-order valence-electron chi connectivity index (χ4n) is 2.60. The lowest BCUT2D eigenvalue weighted by Gasteiger charge is -2.31. The molecule has 1 saturated heterocycles. The van der Waals surface area contributed by atoms with Crippen LogP contribution in [0.5, 0.6) is 0 Å². The number of benzene rings is 1. The third-order valence-corrected chi connectivity index (χ3v) is 4.13. The number of hydrogen-bond acceptors (Lipinski definition) is 4. The Balaban J connectivity index is 1.89. The number of carbonyl (C=O) groups is 1. The molecule has 0 unspecified atom stereocenters. The molecule has 1 aliphatic heterocycles. The molecule has 0 spiro atoms. The van der Waals surface area contributed by atoms with Gasteiger partial charge in [-0.3, -0.25) is 14.5 Å². The van der Waals surface area contributed by atoms with Crippen LogP contribution in [0.3, 0.4) is 0 Å². The number of likely N-dealkylation sites (tertiary alicyclic amines) is 1. The number of hydroxylamine groups is 2. The van der Waals surface area contributed by atoms with Crippen LogP contribution >= 0.6 is 0 Å². The molecule has 1 aromatic rings. The normalized spacial score (nSPS) is 16.9. The summed E-state index contributed by atoms with van der Waals surface area (Å²) in [5, 5.41) is 10.4. The van der Waals surface area contributed by atoms with Gasteiger partial charge < -0.3 is 5.11 Å². The lowest BCUT2D eigenvalue weighted by Crippen LogP contribution is -2.34. The molecule has 21 heavy (non-hydrogen) atoms. The summed E-state index contributed by atoms with van der Waals surface area (Å²) in [5.41, 5.74) is 1.83. The molecule has 0 aromatic heterocycles. The van der Waals surface area contributed by atoms with Crippen molar-refractivity contribution in [1.29, 1.82) is 0 Å². The Hall–Kier alpha value is -1.43. The van der Waals surface area contributed by atoms with Gasteiger partial charge in [0.2, 0.25) is 0 Å². The van der Waals surface area contributed by atoms with Crippen LogP contribution in [-0.2, 0) is 11.4 Å². The minimum absolute atomic E-state index is 0.146. The van der Waals surface area contributed by atoms with Crippen molar-refractivity contribution in [3.05, 3.63) is 35.4 Å². The van der Waals surface area contributed by atoms with E-state index in [0.29, 0.717) is 18.1 Å². The van der Waals surface area contributed by atoms with E-state index in [-0.39, 0.29) is 5.91 Å². The van der Waals surface area contributed by atoms with E-state index in [2.05, 4.69) is 4.90 Å². The zero-order valence-electron chi connectivity index (χ0n) is 12.8. The summed E-state index contributed by atoms with van der Waals surface area (Å²) in [7, 11) is 3.07. The molecule has 0 saturated carbocycles. The molecule has 116 valence electrons. The van der Waals surface area contributed by atoms with Crippen LogP contribution in [0.15, 0.2) is 24.3 Å². The Kier molecular flexibility index (Phi) is 5.73. The van der Waals surface area contributed by atoms with Gasteiger partial charge in [0, 0.05) is 25.8 Å². The maximum Gasteiger partial charge on any atom is 0.277 e. The lowest BCUT2D eigenvalue weighted by molar-refractivity contribution is -0.0757. The Morgan fingerprint density at radius 3 is 2.48 bits per heavy atom. The number of nitrogens with zero attached hydrogens (tertiary/aromatic N) is 2. The molecule has 1 aromatic carbocycles. The topological polar surface area (TPSA) is 53.0 Å². The van der Waals surface area contributed by atoms with E-state index in [4.69, 9.17) is 9.94 Å². The fraction of sp³-hybridized carbons (Fsp3) is 0.562. The molecule has 0 atom stereocenters. The van der Waals surface area contributed by atoms with Crippen LogP contribution in [0, 0.1) is 5.92 Å². The van der Waals surface area contributed by atoms with Crippen molar-refractivity contribution in [3.63, 3.8) is 0 Å². The van der Waals surface area contributed by atoms with Crippen LogP contribution < -0.4 is 0 Å². The molecular weight excluding hydrogens is 268 g/mol.